The second-order valence-electron chi connectivity index (χ2n) is 9.33. The molecular weight excluding hydrogens is 475 g/mol. The molecule has 6 heteroatoms. The van der Waals surface area contributed by atoms with E-state index in [1.165, 1.54) is 76.8 Å². The van der Waals surface area contributed by atoms with Crippen LogP contribution in [0.4, 0.5) is 0 Å². The summed E-state index contributed by atoms with van der Waals surface area (Å²) in [5.74, 6) is 3.03. The fourth-order valence-electron chi connectivity index (χ4n) is 5.71. The van der Waals surface area contributed by atoms with E-state index >= 15 is 0 Å². The Kier molecular flexibility index (Phi) is 7.43. The predicted octanol–water partition coefficient (Wildman–Crippen LogP) is 4.28. The van der Waals surface area contributed by atoms with Gasteiger partial charge in [0.1, 0.15) is 5.76 Å². The maximum Gasteiger partial charge on any atom is 0.194 e. The van der Waals surface area contributed by atoms with Gasteiger partial charge in [0.05, 0.1) is 6.26 Å². The Balaban J connectivity index is 0.00000205. The van der Waals surface area contributed by atoms with Gasteiger partial charge in [-0.25, -0.2) is 0 Å². The molecule has 1 N–H and O–H groups in total. The summed E-state index contributed by atoms with van der Waals surface area (Å²) in [5, 5.41) is 3.84. The summed E-state index contributed by atoms with van der Waals surface area (Å²) in [4.78, 5) is 10.5. The van der Waals surface area contributed by atoms with Gasteiger partial charge in [-0.1, -0.05) is 12.8 Å². The zero-order chi connectivity index (χ0) is 18.8. The summed E-state index contributed by atoms with van der Waals surface area (Å²) in [6.45, 7) is 4.49. The molecule has 3 heterocycles. The van der Waals surface area contributed by atoms with Crippen molar-refractivity contribution in [3.63, 3.8) is 0 Å². The van der Waals surface area contributed by atoms with Crippen LogP contribution in [0, 0.1) is 5.92 Å². The highest BCUT2D eigenvalue weighted by Gasteiger charge is 2.42. The van der Waals surface area contributed by atoms with Crippen LogP contribution in [0.5, 0.6) is 0 Å². The molecule has 2 saturated carbocycles. The first-order chi connectivity index (χ1) is 13.9. The van der Waals surface area contributed by atoms with E-state index < -0.39 is 0 Å². The van der Waals surface area contributed by atoms with Crippen molar-refractivity contribution in [3.8, 4) is 0 Å². The fraction of sp³-hybridized carbons (Fsp3) is 0.783. The Hall–Kier alpha value is -0.760. The predicted molar refractivity (Wildman–Crippen MR) is 128 cm³/mol. The Morgan fingerprint density at radius 1 is 1.07 bits per heavy atom. The Morgan fingerprint density at radius 3 is 2.69 bits per heavy atom. The fourth-order valence-corrected chi connectivity index (χ4v) is 5.71. The number of halogens is 1. The van der Waals surface area contributed by atoms with Gasteiger partial charge in [-0.2, -0.15) is 0 Å². The van der Waals surface area contributed by atoms with E-state index in [4.69, 9.17) is 9.41 Å². The summed E-state index contributed by atoms with van der Waals surface area (Å²) < 4.78 is 5.50. The molecule has 4 aliphatic rings. The minimum Gasteiger partial charge on any atom is -0.469 e. The molecule has 0 spiro atoms. The number of fused-ring (bicyclic) bond motifs is 1. The average Bonchev–Trinajstić information content (AvgIpc) is 3.19. The topological polar surface area (TPSA) is 44.0 Å². The van der Waals surface area contributed by atoms with Crippen LogP contribution in [0.3, 0.4) is 0 Å². The van der Waals surface area contributed by atoms with Gasteiger partial charge in [-0.05, 0) is 69.5 Å². The van der Waals surface area contributed by atoms with Crippen LogP contribution in [0.25, 0.3) is 0 Å². The lowest BCUT2D eigenvalue weighted by atomic mass is 9.83. The lowest BCUT2D eigenvalue weighted by molar-refractivity contribution is 0.0368. The van der Waals surface area contributed by atoms with Crippen LogP contribution in [0.15, 0.2) is 27.8 Å². The lowest BCUT2D eigenvalue weighted by Gasteiger charge is -2.48. The number of likely N-dealkylation sites (tertiary alicyclic amines) is 2. The molecular formula is C23H37IN4O. The molecule has 0 bridgehead atoms. The molecule has 2 atom stereocenters. The summed E-state index contributed by atoms with van der Waals surface area (Å²) in [7, 11) is 0. The summed E-state index contributed by atoms with van der Waals surface area (Å²) in [6, 6.07) is 6.38. The molecule has 0 amide bonds. The molecule has 5 nitrogen and oxygen atoms in total. The number of aliphatic imine (C=N–C) groups is 1. The Bertz CT molecular complexity index is 654. The Morgan fingerprint density at radius 2 is 1.93 bits per heavy atom. The number of guanidine groups is 1. The SMILES string of the molecule is I.c1coc(CCN=C(NC2CCCC2)N2CCC3C(CCCN3C3CC3)C2)c1. The lowest BCUT2D eigenvalue weighted by Crippen LogP contribution is -2.58. The zero-order valence-electron chi connectivity index (χ0n) is 17.6. The van der Waals surface area contributed by atoms with Gasteiger partial charge < -0.3 is 14.6 Å². The first-order valence-corrected chi connectivity index (χ1v) is 11.7. The van der Waals surface area contributed by atoms with Crippen LogP contribution >= 0.6 is 24.0 Å². The number of hydrogen-bond acceptors (Lipinski definition) is 3. The van der Waals surface area contributed by atoms with Crippen molar-refractivity contribution in [2.75, 3.05) is 26.2 Å². The van der Waals surface area contributed by atoms with Crippen LogP contribution in [-0.4, -0.2) is 60.1 Å². The van der Waals surface area contributed by atoms with E-state index in [0.29, 0.717) is 6.04 Å². The van der Waals surface area contributed by atoms with E-state index in [1.807, 2.05) is 6.07 Å². The summed E-state index contributed by atoms with van der Waals surface area (Å²) in [6.07, 6.45) is 14.9. The first kappa shape index (κ1) is 21.5. The molecule has 5 rings (SSSR count). The monoisotopic (exact) mass is 512 g/mol. The largest absolute Gasteiger partial charge is 0.469 e. The number of hydrogen-bond donors (Lipinski definition) is 1. The van der Waals surface area contributed by atoms with Crippen molar-refractivity contribution in [3.05, 3.63) is 24.2 Å². The van der Waals surface area contributed by atoms with Crippen LogP contribution < -0.4 is 5.32 Å². The van der Waals surface area contributed by atoms with Gasteiger partial charge in [0.25, 0.3) is 0 Å². The van der Waals surface area contributed by atoms with E-state index in [2.05, 4.69) is 21.2 Å². The molecule has 2 unspecified atom stereocenters. The molecule has 162 valence electrons. The second-order valence-corrected chi connectivity index (χ2v) is 9.33. The van der Waals surface area contributed by atoms with Crippen molar-refractivity contribution in [1.82, 2.24) is 15.1 Å². The van der Waals surface area contributed by atoms with Crippen molar-refractivity contribution in [2.24, 2.45) is 10.9 Å². The molecule has 4 fully saturated rings. The smallest absolute Gasteiger partial charge is 0.194 e. The number of rotatable bonds is 5. The average molecular weight is 512 g/mol. The maximum absolute atomic E-state index is 5.50. The summed E-state index contributed by atoms with van der Waals surface area (Å²) >= 11 is 0. The quantitative estimate of drug-likeness (QED) is 0.364. The third-order valence-electron chi connectivity index (χ3n) is 7.31. The number of piperidine rings is 2. The van der Waals surface area contributed by atoms with E-state index in [0.717, 1.165) is 43.3 Å². The van der Waals surface area contributed by atoms with Gasteiger partial charge >= 0.3 is 0 Å². The molecule has 1 aromatic heterocycles. The van der Waals surface area contributed by atoms with Crippen LogP contribution in [-0.2, 0) is 6.42 Å². The molecule has 2 aliphatic heterocycles. The highest BCUT2D eigenvalue weighted by atomic mass is 127. The number of nitrogens with zero attached hydrogens (tertiary/aromatic N) is 3. The van der Waals surface area contributed by atoms with Crippen molar-refractivity contribution in [1.29, 1.82) is 0 Å². The number of nitrogens with one attached hydrogen (secondary N) is 1. The first-order valence-electron chi connectivity index (χ1n) is 11.7. The Labute approximate surface area is 192 Å². The van der Waals surface area contributed by atoms with Gasteiger partial charge in [-0.15, -0.1) is 24.0 Å². The van der Waals surface area contributed by atoms with Gasteiger partial charge in [0.15, 0.2) is 5.96 Å². The molecule has 1 aromatic rings. The van der Waals surface area contributed by atoms with Crippen molar-refractivity contribution in [2.45, 2.75) is 82.3 Å². The van der Waals surface area contributed by atoms with Crippen LogP contribution in [0.1, 0.15) is 63.5 Å². The molecule has 0 aromatic carbocycles. The van der Waals surface area contributed by atoms with E-state index in [1.54, 1.807) is 6.26 Å². The molecule has 0 radical (unpaired) electrons. The van der Waals surface area contributed by atoms with Crippen molar-refractivity contribution >= 4 is 29.9 Å². The van der Waals surface area contributed by atoms with Gasteiger partial charge in [-0.3, -0.25) is 9.89 Å². The highest BCUT2D eigenvalue weighted by molar-refractivity contribution is 14.0. The molecule has 2 saturated heterocycles. The zero-order valence-corrected chi connectivity index (χ0v) is 19.9. The standard InChI is InChI=1S/C23H36N4O.HI/c1-2-7-19(6-1)25-23(24-13-11-21-8-4-16-28-21)26-15-12-22-18(17-26)5-3-14-27(22)20-9-10-20;/h4,8,16,18-20,22H,1-3,5-7,9-15,17H2,(H,24,25);1H. The van der Waals surface area contributed by atoms with E-state index in [9.17, 15) is 0 Å². The van der Waals surface area contributed by atoms with E-state index in [-0.39, 0.29) is 24.0 Å². The summed E-state index contributed by atoms with van der Waals surface area (Å²) in [5.41, 5.74) is 0. The second kappa shape index (κ2) is 10.0. The third kappa shape index (κ3) is 5.30. The van der Waals surface area contributed by atoms with Gasteiger partial charge in [0.2, 0.25) is 0 Å². The molecule has 29 heavy (non-hydrogen) atoms. The minimum atomic E-state index is 0. The third-order valence-corrected chi connectivity index (χ3v) is 7.31. The molecule has 2 aliphatic carbocycles. The highest BCUT2D eigenvalue weighted by Crippen LogP contribution is 2.38. The minimum absolute atomic E-state index is 0. The van der Waals surface area contributed by atoms with Crippen molar-refractivity contribution < 1.29 is 4.42 Å². The maximum atomic E-state index is 5.50. The van der Waals surface area contributed by atoms with Crippen LogP contribution in [0.2, 0.25) is 0 Å². The number of furan rings is 1. The van der Waals surface area contributed by atoms with Gasteiger partial charge in [0, 0.05) is 44.2 Å². The normalized spacial score (nSPS) is 28.8.